The number of carbonyl (C=O) groups excluding carboxylic acids is 2. The van der Waals surface area contributed by atoms with Gasteiger partial charge in [-0.2, -0.15) is 0 Å². The van der Waals surface area contributed by atoms with Crippen LogP contribution < -0.4 is 9.47 Å². The minimum atomic E-state index is -0.783. The summed E-state index contributed by atoms with van der Waals surface area (Å²) in [4.78, 5) is 33.3. The first-order valence-corrected chi connectivity index (χ1v) is 12.7. The van der Waals surface area contributed by atoms with Gasteiger partial charge in [-0.25, -0.2) is 4.98 Å². The second kappa shape index (κ2) is 10.4. The van der Waals surface area contributed by atoms with Gasteiger partial charge < -0.3 is 24.2 Å². The van der Waals surface area contributed by atoms with Gasteiger partial charge >= 0.3 is 0 Å². The highest BCUT2D eigenvalue weighted by Gasteiger charge is 2.45. The van der Waals surface area contributed by atoms with E-state index in [9.17, 15) is 14.7 Å². The lowest BCUT2D eigenvalue weighted by molar-refractivity contribution is -0.131. The summed E-state index contributed by atoms with van der Waals surface area (Å²) in [5.74, 6) is -0.0816. The Morgan fingerprint density at radius 1 is 1.31 bits per heavy atom. The Hall–Kier alpha value is -2.91. The highest BCUT2D eigenvalue weighted by molar-refractivity contribution is 7.14. The number of aliphatic hydroxyl groups excluding tert-OH is 1. The van der Waals surface area contributed by atoms with Crippen LogP contribution in [0.5, 0.6) is 11.5 Å². The molecule has 1 N–H and O–H groups in total. The van der Waals surface area contributed by atoms with Crippen molar-refractivity contribution >= 4 is 23.0 Å². The summed E-state index contributed by atoms with van der Waals surface area (Å²) in [7, 11) is 1.55. The van der Waals surface area contributed by atoms with Crippen molar-refractivity contribution in [3.63, 3.8) is 0 Å². The van der Waals surface area contributed by atoms with Gasteiger partial charge in [0.2, 0.25) is 5.78 Å². The number of aliphatic hydroxyl groups is 1. The summed E-state index contributed by atoms with van der Waals surface area (Å²) >= 11 is 1.26. The molecule has 2 atom stereocenters. The highest BCUT2D eigenvalue weighted by Crippen LogP contribution is 2.43. The number of ketones is 1. The van der Waals surface area contributed by atoms with Gasteiger partial charge in [0.05, 0.1) is 47.0 Å². The van der Waals surface area contributed by atoms with E-state index in [0.29, 0.717) is 46.8 Å². The molecule has 8 nitrogen and oxygen atoms in total. The van der Waals surface area contributed by atoms with E-state index < -0.39 is 23.5 Å². The predicted molar refractivity (Wildman–Crippen MR) is 132 cm³/mol. The monoisotopic (exact) mass is 500 g/mol. The van der Waals surface area contributed by atoms with Crippen LogP contribution in [0.25, 0.3) is 0 Å². The SMILES string of the molecule is COc1cc(C2C(C(=O)c3sc(C)nc3C)=C(O)C(=O)N2CC2CCCO2)ccc1OCC(C)C. The highest BCUT2D eigenvalue weighted by atomic mass is 32.1. The number of aromatic nitrogens is 1. The molecule has 2 aromatic rings. The van der Waals surface area contributed by atoms with Gasteiger partial charge in [-0.3, -0.25) is 9.59 Å². The maximum absolute atomic E-state index is 13.7. The second-order valence-electron chi connectivity index (χ2n) is 9.35. The number of methoxy groups -OCH3 is 1. The Morgan fingerprint density at radius 3 is 2.69 bits per heavy atom. The van der Waals surface area contributed by atoms with Crippen LogP contribution in [0, 0.1) is 19.8 Å². The molecule has 4 rings (SSSR count). The van der Waals surface area contributed by atoms with Crippen LogP contribution in [0.3, 0.4) is 0 Å². The van der Waals surface area contributed by atoms with E-state index in [4.69, 9.17) is 14.2 Å². The topological polar surface area (TPSA) is 98.2 Å². The molecule has 0 bridgehead atoms. The number of carbonyl (C=O) groups is 2. The lowest BCUT2D eigenvalue weighted by Crippen LogP contribution is -2.37. The van der Waals surface area contributed by atoms with Gasteiger partial charge in [-0.05, 0) is 50.3 Å². The molecule has 1 aromatic carbocycles. The van der Waals surface area contributed by atoms with Crippen LogP contribution >= 0.6 is 11.3 Å². The normalized spacial score (nSPS) is 20.3. The lowest BCUT2D eigenvalue weighted by Gasteiger charge is -2.29. The number of aryl methyl sites for hydroxylation is 2. The zero-order valence-electron chi connectivity index (χ0n) is 20.8. The van der Waals surface area contributed by atoms with Crippen LogP contribution in [-0.4, -0.2) is 59.7 Å². The van der Waals surface area contributed by atoms with Gasteiger partial charge in [0, 0.05) is 13.2 Å². The standard InChI is InChI=1S/C26H32N2O6S/c1-14(2)13-34-19-9-8-17(11-20(19)32-5)22-21(23(29)25-15(3)27-16(4)35-25)24(30)26(31)28(22)12-18-7-6-10-33-18/h8-9,11,14,18,22,30H,6-7,10,12-13H2,1-5H3. The molecule has 0 spiro atoms. The number of hydrogen-bond acceptors (Lipinski definition) is 8. The molecule has 1 saturated heterocycles. The number of amides is 1. The molecule has 0 aliphatic carbocycles. The zero-order valence-corrected chi connectivity index (χ0v) is 21.6. The van der Waals surface area contributed by atoms with Crippen molar-refractivity contribution in [2.75, 3.05) is 26.9 Å². The molecule has 2 unspecified atom stereocenters. The molecule has 2 aliphatic rings. The molecule has 9 heteroatoms. The smallest absolute Gasteiger partial charge is 0.290 e. The van der Waals surface area contributed by atoms with Crippen molar-refractivity contribution in [2.45, 2.75) is 52.7 Å². The molecular formula is C26H32N2O6S. The van der Waals surface area contributed by atoms with E-state index in [0.717, 1.165) is 17.8 Å². The fourth-order valence-electron chi connectivity index (χ4n) is 4.52. The summed E-state index contributed by atoms with van der Waals surface area (Å²) in [5.41, 5.74) is 1.28. The fourth-order valence-corrected chi connectivity index (χ4v) is 5.40. The van der Waals surface area contributed by atoms with E-state index in [1.807, 2.05) is 13.0 Å². The average molecular weight is 501 g/mol. The molecular weight excluding hydrogens is 468 g/mol. The van der Waals surface area contributed by atoms with Crippen molar-refractivity contribution in [3.8, 4) is 11.5 Å². The van der Waals surface area contributed by atoms with E-state index in [1.54, 1.807) is 26.2 Å². The van der Waals surface area contributed by atoms with Crippen molar-refractivity contribution in [2.24, 2.45) is 5.92 Å². The summed E-state index contributed by atoms with van der Waals surface area (Å²) < 4.78 is 17.2. The number of Topliss-reactive ketones (excluding diaryl/α,β-unsaturated/α-hetero) is 1. The number of ether oxygens (including phenoxy) is 3. The Kier molecular flexibility index (Phi) is 7.47. The second-order valence-corrected chi connectivity index (χ2v) is 10.6. The van der Waals surface area contributed by atoms with E-state index in [-0.39, 0.29) is 18.2 Å². The van der Waals surface area contributed by atoms with Crippen LogP contribution in [0.4, 0.5) is 0 Å². The largest absolute Gasteiger partial charge is 0.503 e. The van der Waals surface area contributed by atoms with Gasteiger partial charge in [-0.15, -0.1) is 11.3 Å². The van der Waals surface area contributed by atoms with E-state index in [2.05, 4.69) is 18.8 Å². The zero-order chi connectivity index (χ0) is 25.3. The molecule has 0 radical (unpaired) electrons. The first-order chi connectivity index (χ1) is 16.7. The van der Waals surface area contributed by atoms with Gasteiger partial charge in [0.25, 0.3) is 5.91 Å². The maximum atomic E-state index is 13.7. The lowest BCUT2D eigenvalue weighted by atomic mass is 9.94. The van der Waals surface area contributed by atoms with Crippen molar-refractivity contribution in [3.05, 3.63) is 50.7 Å². The molecule has 1 aromatic heterocycles. The average Bonchev–Trinajstić information content (AvgIpc) is 3.52. The number of nitrogens with zero attached hydrogens (tertiary/aromatic N) is 2. The quantitative estimate of drug-likeness (QED) is 0.504. The third kappa shape index (κ3) is 5.06. The maximum Gasteiger partial charge on any atom is 0.290 e. The van der Waals surface area contributed by atoms with Gasteiger partial charge in [0.15, 0.2) is 17.3 Å². The minimum Gasteiger partial charge on any atom is -0.503 e. The van der Waals surface area contributed by atoms with Crippen LogP contribution in [0.1, 0.15) is 58.7 Å². The molecule has 188 valence electrons. The summed E-state index contributed by atoms with van der Waals surface area (Å²) in [6, 6.07) is 4.58. The number of thiazole rings is 1. The molecule has 0 saturated carbocycles. The Balaban J connectivity index is 1.77. The Morgan fingerprint density at radius 2 is 2.09 bits per heavy atom. The third-order valence-electron chi connectivity index (χ3n) is 6.16. The predicted octanol–water partition coefficient (Wildman–Crippen LogP) is 4.56. The fraction of sp³-hybridized carbons (Fsp3) is 0.500. The van der Waals surface area contributed by atoms with Gasteiger partial charge in [0.1, 0.15) is 0 Å². The Bertz CT molecular complexity index is 1150. The van der Waals surface area contributed by atoms with E-state index in [1.165, 1.54) is 16.2 Å². The molecule has 2 aliphatic heterocycles. The molecule has 1 fully saturated rings. The molecule has 3 heterocycles. The summed E-state index contributed by atoms with van der Waals surface area (Å²) in [5, 5.41) is 11.7. The summed E-state index contributed by atoms with van der Waals surface area (Å²) in [6.45, 7) is 9.14. The third-order valence-corrected chi connectivity index (χ3v) is 7.23. The van der Waals surface area contributed by atoms with Crippen molar-refractivity contribution < 1.29 is 28.9 Å². The number of rotatable bonds is 9. The van der Waals surface area contributed by atoms with Crippen molar-refractivity contribution in [1.82, 2.24) is 9.88 Å². The van der Waals surface area contributed by atoms with E-state index >= 15 is 0 Å². The molecule has 35 heavy (non-hydrogen) atoms. The first-order valence-electron chi connectivity index (χ1n) is 11.9. The van der Waals surface area contributed by atoms with Gasteiger partial charge in [-0.1, -0.05) is 19.9 Å². The van der Waals surface area contributed by atoms with Crippen LogP contribution in [0.15, 0.2) is 29.5 Å². The van der Waals surface area contributed by atoms with Crippen LogP contribution in [0.2, 0.25) is 0 Å². The van der Waals surface area contributed by atoms with Crippen molar-refractivity contribution in [1.29, 1.82) is 0 Å². The first kappa shape index (κ1) is 25.2. The number of hydrogen-bond donors (Lipinski definition) is 1. The Labute approximate surface area is 209 Å². The minimum absolute atomic E-state index is 0.0534. The van der Waals surface area contributed by atoms with Crippen LogP contribution in [-0.2, 0) is 9.53 Å². The summed E-state index contributed by atoms with van der Waals surface area (Å²) in [6.07, 6.45) is 1.59. The molecule has 1 amide bonds. The number of benzene rings is 1.